The average Bonchev–Trinajstić information content (AvgIpc) is 3.52. The second-order valence-corrected chi connectivity index (χ2v) is 15.8. The summed E-state index contributed by atoms with van der Waals surface area (Å²) < 4.78 is 57.0. The second-order valence-electron chi connectivity index (χ2n) is 15.4. The fourth-order valence-corrected chi connectivity index (χ4v) is 8.81. The fourth-order valence-electron chi connectivity index (χ4n) is 8.29. The topological polar surface area (TPSA) is 158 Å². The maximum absolute atomic E-state index is 15.8. The highest BCUT2D eigenvalue weighted by molar-refractivity contribution is 7.81. The van der Waals surface area contributed by atoms with Gasteiger partial charge in [0.1, 0.15) is 17.4 Å². The van der Waals surface area contributed by atoms with Crippen LogP contribution in [0.2, 0.25) is 0 Å². The molecule has 0 saturated carbocycles. The third-order valence-electron chi connectivity index (χ3n) is 11.6. The Kier molecular flexibility index (Phi) is 9.54. The molecule has 5 aliphatic heterocycles. The molecule has 5 heterocycles. The highest BCUT2D eigenvalue weighted by Crippen LogP contribution is 2.40. The minimum atomic E-state index is -4.87. The molecule has 1 atom stereocenters. The minimum Gasteiger partial charge on any atom is -0.368 e. The highest BCUT2D eigenvalue weighted by atomic mass is 32.1. The third kappa shape index (κ3) is 6.56. The lowest BCUT2D eigenvalue weighted by Crippen LogP contribution is -2.63. The number of halogens is 4. The Labute approximate surface area is 339 Å². The molecule has 0 bridgehead atoms. The molecule has 4 saturated heterocycles. The number of piperidine rings is 1. The standard InChI is InChI=1S/C40H34F4N8O6S/c1-39(2)37(58)50(23-4-3-21(18-45)29(16-23)40(42,43)44)38(59)52(39)24-6-8-27(30(41)17-24)34(55)48-13-11-47(12-14-48)25-19-49(20-25)22-5-7-26-28(15-22)36(57)51(35(26)56)31-9-10-32(53)46-33(31)54/h3-8,15-17,25,31H,9-14,19-20H2,1-2H3,(H,46,53,54). The lowest BCUT2D eigenvalue weighted by molar-refractivity contribution is -0.138. The Morgan fingerprint density at radius 2 is 1.54 bits per heavy atom. The number of hydrogen-bond acceptors (Lipinski definition) is 10. The van der Waals surface area contributed by atoms with Gasteiger partial charge in [-0.2, -0.15) is 18.4 Å². The summed E-state index contributed by atoms with van der Waals surface area (Å²) in [5.74, 6) is -4.37. The van der Waals surface area contributed by atoms with Gasteiger partial charge in [0, 0.05) is 63.1 Å². The molecular weight excluding hydrogens is 797 g/mol. The zero-order valence-corrected chi connectivity index (χ0v) is 32.3. The van der Waals surface area contributed by atoms with E-state index in [1.165, 1.54) is 43.0 Å². The monoisotopic (exact) mass is 830 g/mol. The molecule has 6 amide bonds. The maximum atomic E-state index is 15.8. The van der Waals surface area contributed by atoms with Gasteiger partial charge in [-0.3, -0.25) is 48.8 Å². The van der Waals surface area contributed by atoms with Gasteiger partial charge in [0.25, 0.3) is 23.6 Å². The highest BCUT2D eigenvalue weighted by Gasteiger charge is 2.51. The lowest BCUT2D eigenvalue weighted by Gasteiger charge is -2.49. The molecular formula is C40H34F4N8O6S. The SMILES string of the molecule is CC1(C)C(=O)N(c2ccc(C#N)c(C(F)(F)F)c2)C(=S)N1c1ccc(C(=O)N2CCN(C3CN(c4ccc5c(c4)C(=O)N(C4CCC(=O)NC4=O)C5=O)C3)CC2)c(F)c1. The number of imide groups is 2. The van der Waals surface area contributed by atoms with E-state index in [-0.39, 0.29) is 52.1 Å². The predicted molar refractivity (Wildman–Crippen MR) is 206 cm³/mol. The molecule has 19 heteroatoms. The van der Waals surface area contributed by atoms with E-state index < -0.39 is 70.1 Å². The lowest BCUT2D eigenvalue weighted by atomic mass is 10.0. The van der Waals surface area contributed by atoms with Crippen molar-refractivity contribution < 1.29 is 46.3 Å². The van der Waals surface area contributed by atoms with Gasteiger partial charge in [0.15, 0.2) is 5.11 Å². The van der Waals surface area contributed by atoms with E-state index >= 15 is 4.39 Å². The van der Waals surface area contributed by atoms with Gasteiger partial charge >= 0.3 is 6.18 Å². The van der Waals surface area contributed by atoms with Crippen molar-refractivity contribution in [1.82, 2.24) is 20.0 Å². The number of nitrogens with zero attached hydrogens (tertiary/aromatic N) is 7. The van der Waals surface area contributed by atoms with Gasteiger partial charge in [-0.1, -0.05) is 0 Å². The van der Waals surface area contributed by atoms with Crippen molar-refractivity contribution in [3.05, 3.63) is 88.2 Å². The first-order valence-corrected chi connectivity index (χ1v) is 19.0. The van der Waals surface area contributed by atoms with Crippen LogP contribution in [0.3, 0.4) is 0 Å². The first-order chi connectivity index (χ1) is 27.9. The summed E-state index contributed by atoms with van der Waals surface area (Å²) in [5, 5.41) is 11.2. The average molecular weight is 831 g/mol. The van der Waals surface area contributed by atoms with E-state index in [0.717, 1.165) is 27.6 Å². The molecule has 5 aliphatic rings. The Morgan fingerprint density at radius 3 is 2.19 bits per heavy atom. The van der Waals surface area contributed by atoms with E-state index in [2.05, 4.69) is 15.1 Å². The Balaban J connectivity index is 0.885. The molecule has 0 spiro atoms. The quantitative estimate of drug-likeness (QED) is 0.220. The molecule has 0 aromatic heterocycles. The number of benzene rings is 3. The molecule has 0 aliphatic carbocycles. The largest absolute Gasteiger partial charge is 0.417 e. The molecule has 1 unspecified atom stereocenters. The Bertz CT molecular complexity index is 2440. The van der Waals surface area contributed by atoms with Crippen molar-refractivity contribution in [3.8, 4) is 6.07 Å². The summed E-state index contributed by atoms with van der Waals surface area (Å²) in [4.78, 5) is 86.4. The summed E-state index contributed by atoms with van der Waals surface area (Å²) in [7, 11) is 0. The number of hydrogen-bond donors (Lipinski definition) is 1. The van der Waals surface area contributed by atoms with E-state index in [1.807, 2.05) is 0 Å². The van der Waals surface area contributed by atoms with Gasteiger partial charge in [-0.15, -0.1) is 0 Å². The molecule has 3 aromatic rings. The van der Waals surface area contributed by atoms with Crippen LogP contribution in [-0.4, -0.2) is 112 Å². The molecule has 0 radical (unpaired) electrons. The van der Waals surface area contributed by atoms with Crippen molar-refractivity contribution in [2.75, 3.05) is 54.0 Å². The predicted octanol–water partition coefficient (Wildman–Crippen LogP) is 3.68. The summed E-state index contributed by atoms with van der Waals surface area (Å²) in [6.07, 6.45) is -4.78. The van der Waals surface area contributed by atoms with Gasteiger partial charge < -0.3 is 14.7 Å². The number of nitriles is 1. The van der Waals surface area contributed by atoms with Crippen molar-refractivity contribution in [3.63, 3.8) is 0 Å². The van der Waals surface area contributed by atoms with Crippen LogP contribution in [0.1, 0.15) is 68.9 Å². The summed E-state index contributed by atoms with van der Waals surface area (Å²) in [6, 6.07) is 12.1. The zero-order valence-electron chi connectivity index (χ0n) is 31.5. The molecule has 1 N–H and O–H groups in total. The summed E-state index contributed by atoms with van der Waals surface area (Å²) in [6.45, 7) is 5.88. The van der Waals surface area contributed by atoms with Crippen LogP contribution in [0.5, 0.6) is 0 Å². The van der Waals surface area contributed by atoms with Crippen molar-refractivity contribution in [2.24, 2.45) is 0 Å². The van der Waals surface area contributed by atoms with Gasteiger partial charge in [-0.25, -0.2) is 4.39 Å². The van der Waals surface area contributed by atoms with Gasteiger partial charge in [0.05, 0.1) is 39.6 Å². The third-order valence-corrected chi connectivity index (χ3v) is 11.9. The molecule has 3 aromatic carbocycles. The fraction of sp³-hybridized carbons (Fsp3) is 0.350. The first-order valence-electron chi connectivity index (χ1n) is 18.6. The minimum absolute atomic E-state index is 0.0280. The van der Waals surface area contributed by atoms with Crippen LogP contribution in [0.4, 0.5) is 34.6 Å². The second kappa shape index (κ2) is 14.2. The van der Waals surface area contributed by atoms with E-state index in [0.29, 0.717) is 45.3 Å². The molecule has 4 fully saturated rings. The number of fused-ring (bicyclic) bond motifs is 1. The molecule has 14 nitrogen and oxygen atoms in total. The van der Waals surface area contributed by atoms with E-state index in [4.69, 9.17) is 12.2 Å². The van der Waals surface area contributed by atoms with Crippen LogP contribution in [0.25, 0.3) is 0 Å². The van der Waals surface area contributed by atoms with E-state index in [9.17, 15) is 47.2 Å². The number of nitrogens with one attached hydrogen (secondary N) is 1. The smallest absolute Gasteiger partial charge is 0.368 e. The van der Waals surface area contributed by atoms with E-state index in [1.54, 1.807) is 23.1 Å². The number of amides is 6. The number of thiocarbonyl (C=S) groups is 1. The number of carbonyl (C=O) groups excluding carboxylic acids is 6. The maximum Gasteiger partial charge on any atom is 0.417 e. The van der Waals surface area contributed by atoms with Crippen LogP contribution in [-0.2, 0) is 20.6 Å². The first kappa shape index (κ1) is 39.6. The number of alkyl halides is 3. The number of rotatable bonds is 6. The summed E-state index contributed by atoms with van der Waals surface area (Å²) >= 11 is 5.55. The van der Waals surface area contributed by atoms with Gasteiger partial charge in [0.2, 0.25) is 11.8 Å². The molecule has 8 rings (SSSR count). The number of piperazine rings is 1. The number of carbonyl (C=O) groups is 6. The Hall–Kier alpha value is -6.26. The molecule has 304 valence electrons. The summed E-state index contributed by atoms with van der Waals surface area (Å²) in [5.41, 5.74) is -2.48. The van der Waals surface area contributed by atoms with Gasteiger partial charge in [-0.05, 0) is 87.1 Å². The van der Waals surface area contributed by atoms with Crippen LogP contribution >= 0.6 is 12.2 Å². The van der Waals surface area contributed by atoms with Crippen molar-refractivity contribution in [2.45, 2.75) is 50.5 Å². The van der Waals surface area contributed by atoms with Crippen LogP contribution < -0.4 is 20.0 Å². The Morgan fingerprint density at radius 1 is 0.881 bits per heavy atom. The van der Waals surface area contributed by atoms with Crippen molar-refractivity contribution >= 4 is 69.8 Å². The van der Waals surface area contributed by atoms with Crippen LogP contribution in [0, 0.1) is 17.1 Å². The van der Waals surface area contributed by atoms with Crippen molar-refractivity contribution in [1.29, 1.82) is 5.26 Å². The number of anilines is 3. The zero-order chi connectivity index (χ0) is 42.3. The normalized spacial score (nSPS) is 21.2. The molecule has 59 heavy (non-hydrogen) atoms. The van der Waals surface area contributed by atoms with Crippen LogP contribution in [0.15, 0.2) is 54.6 Å².